The highest BCUT2D eigenvalue weighted by atomic mass is 32.2. The summed E-state index contributed by atoms with van der Waals surface area (Å²) in [6.07, 6.45) is 1.06. The predicted molar refractivity (Wildman–Crippen MR) is 90.9 cm³/mol. The van der Waals surface area contributed by atoms with Crippen LogP contribution in [0.25, 0.3) is 0 Å². The summed E-state index contributed by atoms with van der Waals surface area (Å²) in [5.41, 5.74) is 0.0387. The Morgan fingerprint density at radius 2 is 1.71 bits per heavy atom. The number of sulfonamides is 1. The van der Waals surface area contributed by atoms with Crippen LogP contribution in [-0.4, -0.2) is 43.7 Å². The van der Waals surface area contributed by atoms with Gasteiger partial charge in [-0.2, -0.15) is 0 Å². The molecule has 1 aromatic rings. The summed E-state index contributed by atoms with van der Waals surface area (Å²) in [5.74, 6) is -1.85. The predicted octanol–water partition coefficient (Wildman–Crippen LogP) is 0.762. The molecule has 2 unspecified atom stereocenters. The van der Waals surface area contributed by atoms with E-state index in [2.05, 4.69) is 10.0 Å². The third-order valence-corrected chi connectivity index (χ3v) is 4.02. The van der Waals surface area contributed by atoms with Crippen molar-refractivity contribution in [2.75, 3.05) is 6.26 Å². The van der Waals surface area contributed by atoms with Gasteiger partial charge in [0.15, 0.2) is 0 Å². The van der Waals surface area contributed by atoms with E-state index < -0.39 is 39.4 Å². The SMILES string of the molecule is CC(C)(C)C(NS(C)(=O)=O)C(=O)NC(Cc1ccccc1)C(=O)O. The lowest BCUT2D eigenvalue weighted by molar-refractivity contribution is -0.142. The first-order valence-electron chi connectivity index (χ1n) is 7.44. The molecule has 8 heteroatoms. The molecule has 7 nitrogen and oxygen atoms in total. The van der Waals surface area contributed by atoms with Gasteiger partial charge < -0.3 is 10.4 Å². The minimum absolute atomic E-state index is 0.109. The van der Waals surface area contributed by atoms with Gasteiger partial charge in [-0.15, -0.1) is 0 Å². The van der Waals surface area contributed by atoms with E-state index in [1.54, 1.807) is 45.0 Å². The molecule has 3 N–H and O–H groups in total. The Kier molecular flexibility index (Phi) is 6.50. The maximum absolute atomic E-state index is 12.5. The quantitative estimate of drug-likeness (QED) is 0.668. The lowest BCUT2D eigenvalue weighted by Crippen LogP contribution is -2.56. The van der Waals surface area contributed by atoms with Crippen molar-refractivity contribution in [2.24, 2.45) is 5.41 Å². The third kappa shape index (κ3) is 6.67. The molecule has 1 aromatic carbocycles. The van der Waals surface area contributed by atoms with Crippen LogP contribution in [0.2, 0.25) is 0 Å². The van der Waals surface area contributed by atoms with Gasteiger partial charge in [0.05, 0.1) is 6.26 Å². The molecule has 0 heterocycles. The number of carboxylic acids is 1. The minimum Gasteiger partial charge on any atom is -0.480 e. The van der Waals surface area contributed by atoms with Crippen LogP contribution in [0.1, 0.15) is 26.3 Å². The smallest absolute Gasteiger partial charge is 0.326 e. The molecule has 0 aliphatic heterocycles. The molecular formula is C16H24N2O5S. The fourth-order valence-corrected chi connectivity index (χ4v) is 3.03. The molecule has 0 aliphatic carbocycles. The fourth-order valence-electron chi connectivity index (χ4n) is 2.14. The van der Waals surface area contributed by atoms with Gasteiger partial charge in [-0.1, -0.05) is 51.1 Å². The fraction of sp³-hybridized carbons (Fsp3) is 0.500. The number of amides is 1. The summed E-state index contributed by atoms with van der Waals surface area (Å²) in [4.78, 5) is 23.9. The van der Waals surface area contributed by atoms with Crippen molar-refractivity contribution in [3.8, 4) is 0 Å². The Bertz CT molecular complexity index is 680. The molecule has 0 radical (unpaired) electrons. The van der Waals surface area contributed by atoms with Crippen molar-refractivity contribution in [3.05, 3.63) is 35.9 Å². The zero-order valence-electron chi connectivity index (χ0n) is 14.2. The lowest BCUT2D eigenvalue weighted by Gasteiger charge is -2.30. The molecule has 0 saturated carbocycles. The van der Waals surface area contributed by atoms with Crippen molar-refractivity contribution in [2.45, 2.75) is 39.3 Å². The number of benzene rings is 1. The van der Waals surface area contributed by atoms with Gasteiger partial charge in [0.1, 0.15) is 12.1 Å². The van der Waals surface area contributed by atoms with E-state index in [-0.39, 0.29) is 6.42 Å². The summed E-state index contributed by atoms with van der Waals surface area (Å²) in [6.45, 7) is 5.09. The number of rotatable bonds is 7. The second kappa shape index (κ2) is 7.76. The van der Waals surface area contributed by atoms with Crippen molar-refractivity contribution in [1.29, 1.82) is 0 Å². The zero-order chi connectivity index (χ0) is 18.5. The molecule has 0 fully saturated rings. The van der Waals surface area contributed by atoms with Crippen LogP contribution in [0.4, 0.5) is 0 Å². The number of hydrogen-bond donors (Lipinski definition) is 3. The van der Waals surface area contributed by atoms with Crippen LogP contribution in [0, 0.1) is 5.41 Å². The first-order chi connectivity index (χ1) is 10.9. The first kappa shape index (κ1) is 20.1. The van der Waals surface area contributed by atoms with Gasteiger partial charge in [0.2, 0.25) is 15.9 Å². The maximum Gasteiger partial charge on any atom is 0.326 e. The van der Waals surface area contributed by atoms with E-state index in [0.29, 0.717) is 0 Å². The lowest BCUT2D eigenvalue weighted by atomic mass is 9.86. The van der Waals surface area contributed by atoms with Crippen LogP contribution in [0.5, 0.6) is 0 Å². The Labute approximate surface area is 142 Å². The van der Waals surface area contributed by atoms with Crippen molar-refractivity contribution >= 4 is 21.9 Å². The van der Waals surface area contributed by atoms with Crippen LogP contribution in [0.3, 0.4) is 0 Å². The van der Waals surface area contributed by atoms with Gasteiger partial charge in [0.25, 0.3) is 0 Å². The van der Waals surface area contributed by atoms with Crippen LogP contribution < -0.4 is 10.0 Å². The average molecular weight is 356 g/mol. The largest absolute Gasteiger partial charge is 0.480 e. The molecule has 24 heavy (non-hydrogen) atoms. The van der Waals surface area contributed by atoms with E-state index in [0.717, 1.165) is 11.8 Å². The van der Waals surface area contributed by atoms with Crippen LogP contribution in [-0.2, 0) is 26.0 Å². The number of carboxylic acid groups (broad SMARTS) is 1. The molecular weight excluding hydrogens is 332 g/mol. The number of hydrogen-bond acceptors (Lipinski definition) is 4. The molecule has 0 aliphatic rings. The molecule has 0 bridgehead atoms. The Balaban J connectivity index is 2.94. The number of carbonyl (C=O) groups is 2. The van der Waals surface area contributed by atoms with Crippen molar-refractivity contribution in [1.82, 2.24) is 10.0 Å². The second-order valence-electron chi connectivity index (χ2n) is 6.78. The topological polar surface area (TPSA) is 113 Å². The molecule has 0 aromatic heterocycles. The summed E-state index contributed by atoms with van der Waals surface area (Å²) in [5, 5.41) is 11.8. The molecule has 1 amide bonds. The van der Waals surface area contributed by atoms with E-state index in [9.17, 15) is 23.1 Å². The summed E-state index contributed by atoms with van der Waals surface area (Å²) in [6, 6.07) is 6.66. The van der Waals surface area contributed by atoms with Crippen LogP contribution >= 0.6 is 0 Å². The standard InChI is InChI=1S/C16H24N2O5S/c1-16(2,3)13(18-24(4,22)23)14(19)17-12(15(20)21)10-11-8-6-5-7-9-11/h5-9,12-13,18H,10H2,1-4H3,(H,17,19)(H,20,21). The van der Waals surface area contributed by atoms with Gasteiger partial charge in [-0.3, -0.25) is 4.79 Å². The molecule has 1 rings (SSSR count). The highest BCUT2D eigenvalue weighted by molar-refractivity contribution is 7.88. The molecule has 0 spiro atoms. The van der Waals surface area contributed by atoms with E-state index >= 15 is 0 Å². The zero-order valence-corrected chi connectivity index (χ0v) is 15.1. The summed E-state index contributed by atoms with van der Waals surface area (Å²) >= 11 is 0. The Hall–Kier alpha value is -1.93. The van der Waals surface area contributed by atoms with Crippen molar-refractivity contribution < 1.29 is 23.1 Å². The summed E-state index contributed by atoms with van der Waals surface area (Å²) < 4.78 is 25.3. The van der Waals surface area contributed by atoms with E-state index in [1.165, 1.54) is 0 Å². The highest BCUT2D eigenvalue weighted by Crippen LogP contribution is 2.20. The third-order valence-electron chi connectivity index (χ3n) is 3.36. The highest BCUT2D eigenvalue weighted by Gasteiger charge is 2.35. The summed E-state index contributed by atoms with van der Waals surface area (Å²) in [7, 11) is -3.62. The molecule has 134 valence electrons. The van der Waals surface area contributed by atoms with E-state index in [1.807, 2.05) is 6.07 Å². The maximum atomic E-state index is 12.5. The average Bonchev–Trinajstić information content (AvgIpc) is 2.43. The number of nitrogens with one attached hydrogen (secondary N) is 2. The normalized spacial score (nSPS) is 14.7. The van der Waals surface area contributed by atoms with Gasteiger partial charge in [0, 0.05) is 6.42 Å². The monoisotopic (exact) mass is 356 g/mol. The Morgan fingerprint density at radius 3 is 2.12 bits per heavy atom. The van der Waals surface area contributed by atoms with Crippen molar-refractivity contribution in [3.63, 3.8) is 0 Å². The number of aliphatic carboxylic acids is 1. The van der Waals surface area contributed by atoms with Gasteiger partial charge in [-0.05, 0) is 11.0 Å². The molecule has 2 atom stereocenters. The number of carbonyl (C=O) groups excluding carboxylic acids is 1. The minimum atomic E-state index is -3.62. The first-order valence-corrected chi connectivity index (χ1v) is 9.33. The van der Waals surface area contributed by atoms with Crippen LogP contribution in [0.15, 0.2) is 30.3 Å². The molecule has 0 saturated heterocycles. The Morgan fingerprint density at radius 1 is 1.17 bits per heavy atom. The van der Waals surface area contributed by atoms with Gasteiger partial charge in [-0.25, -0.2) is 17.9 Å². The van der Waals surface area contributed by atoms with E-state index in [4.69, 9.17) is 0 Å². The second-order valence-corrected chi connectivity index (χ2v) is 8.56. The van der Waals surface area contributed by atoms with Gasteiger partial charge >= 0.3 is 5.97 Å².